The highest BCUT2D eigenvalue weighted by Gasteiger charge is 1.91. The Bertz CT molecular complexity index is 129. The lowest BCUT2D eigenvalue weighted by Crippen LogP contribution is -1.81. The van der Waals surface area contributed by atoms with Gasteiger partial charge in [0.25, 0.3) is 0 Å². The first-order valence-corrected chi connectivity index (χ1v) is 7.75. The first-order chi connectivity index (χ1) is 7.41. The predicted octanol–water partition coefficient (Wildman–Crippen LogP) is 5.86. The van der Waals surface area contributed by atoms with E-state index in [0.29, 0.717) is 0 Å². The highest BCUT2D eigenvalue weighted by atomic mass is 79.9. The second-order valence-electron chi connectivity index (χ2n) is 4.19. The van der Waals surface area contributed by atoms with Crippen molar-refractivity contribution in [3.8, 4) is 0 Å². The Morgan fingerprint density at radius 2 is 1.27 bits per heavy atom. The van der Waals surface area contributed by atoms with Gasteiger partial charge in [0.1, 0.15) is 0 Å². The molecule has 0 saturated heterocycles. The third-order valence-electron chi connectivity index (χ3n) is 2.66. The van der Waals surface area contributed by atoms with Gasteiger partial charge in [0, 0.05) is 5.33 Å². The minimum absolute atomic E-state index is 1.18. The van der Waals surface area contributed by atoms with Crippen molar-refractivity contribution in [2.24, 2.45) is 0 Å². The van der Waals surface area contributed by atoms with Crippen molar-refractivity contribution < 1.29 is 0 Å². The molecule has 0 aromatic carbocycles. The van der Waals surface area contributed by atoms with E-state index in [1.54, 1.807) is 0 Å². The molecule has 0 unspecified atom stereocenters. The van der Waals surface area contributed by atoms with Gasteiger partial charge in [-0.1, -0.05) is 73.5 Å². The molecule has 0 heterocycles. The van der Waals surface area contributed by atoms with Crippen LogP contribution in [0, 0.1) is 0 Å². The van der Waals surface area contributed by atoms with Gasteiger partial charge in [0.05, 0.1) is 0 Å². The summed E-state index contributed by atoms with van der Waals surface area (Å²) in [5, 5.41) is 1.18. The van der Waals surface area contributed by atoms with E-state index in [9.17, 15) is 0 Å². The zero-order chi connectivity index (χ0) is 11.2. The molecule has 0 nitrogen and oxygen atoms in total. The summed E-state index contributed by atoms with van der Waals surface area (Å²) in [7, 11) is 0. The summed E-state index contributed by atoms with van der Waals surface area (Å²) in [4.78, 5) is 0. The van der Waals surface area contributed by atoms with E-state index in [4.69, 9.17) is 0 Å². The molecule has 0 rings (SSSR count). The maximum absolute atomic E-state index is 3.47. The molecule has 15 heavy (non-hydrogen) atoms. The number of alkyl halides is 1. The number of hydrogen-bond acceptors (Lipinski definition) is 0. The molecule has 0 amide bonds. The quantitative estimate of drug-likeness (QED) is 0.252. The molecule has 0 aromatic rings. The normalized spacial score (nSPS) is 11.3. The van der Waals surface area contributed by atoms with Crippen LogP contribution in [-0.4, -0.2) is 5.33 Å². The highest BCUT2D eigenvalue weighted by molar-refractivity contribution is 9.09. The van der Waals surface area contributed by atoms with Crippen LogP contribution < -0.4 is 0 Å². The van der Waals surface area contributed by atoms with Crippen LogP contribution in [0.2, 0.25) is 0 Å². The topological polar surface area (TPSA) is 0 Å². The first-order valence-electron chi connectivity index (χ1n) is 6.62. The first kappa shape index (κ1) is 15.2. The van der Waals surface area contributed by atoms with Crippen LogP contribution in [-0.2, 0) is 0 Å². The monoisotopic (exact) mass is 274 g/mol. The lowest BCUT2D eigenvalue weighted by molar-refractivity contribution is 0.579. The van der Waals surface area contributed by atoms with Gasteiger partial charge in [0.15, 0.2) is 0 Å². The highest BCUT2D eigenvalue weighted by Crippen LogP contribution is 2.10. The third kappa shape index (κ3) is 14.2. The van der Waals surface area contributed by atoms with Crippen LogP contribution in [0.15, 0.2) is 12.2 Å². The molecule has 90 valence electrons. The molecule has 0 fully saturated rings. The number of hydrogen-bond donors (Lipinski definition) is 0. The molecule has 0 bridgehead atoms. The summed E-state index contributed by atoms with van der Waals surface area (Å²) >= 11 is 3.47. The summed E-state index contributed by atoms with van der Waals surface area (Å²) in [5.41, 5.74) is 0. The van der Waals surface area contributed by atoms with Crippen molar-refractivity contribution >= 4 is 15.9 Å². The molecule has 0 aliphatic rings. The van der Waals surface area contributed by atoms with Gasteiger partial charge >= 0.3 is 0 Å². The van der Waals surface area contributed by atoms with Crippen LogP contribution in [0.1, 0.15) is 71.1 Å². The van der Waals surface area contributed by atoms with Gasteiger partial charge in [0.2, 0.25) is 0 Å². The van der Waals surface area contributed by atoms with Gasteiger partial charge in [-0.25, -0.2) is 0 Å². The fraction of sp³-hybridized carbons (Fsp3) is 0.857. The molecule has 0 aliphatic heterocycles. The maximum Gasteiger partial charge on any atom is 0.00313 e. The summed E-state index contributed by atoms with van der Waals surface area (Å²) in [6.07, 6.45) is 18.4. The Kier molecular flexibility index (Phi) is 14.4. The van der Waals surface area contributed by atoms with Crippen LogP contribution in [0.3, 0.4) is 0 Å². The van der Waals surface area contributed by atoms with Crippen LogP contribution in [0.4, 0.5) is 0 Å². The van der Waals surface area contributed by atoms with Crippen molar-refractivity contribution in [3.05, 3.63) is 12.2 Å². The number of unbranched alkanes of at least 4 members (excludes halogenated alkanes) is 8. The molecule has 0 radical (unpaired) electrons. The molecule has 0 N–H and O–H groups in total. The molecule has 0 atom stereocenters. The van der Waals surface area contributed by atoms with Gasteiger partial charge in [-0.3, -0.25) is 0 Å². The molecular formula is C14H27Br. The van der Waals surface area contributed by atoms with E-state index >= 15 is 0 Å². The standard InChI is InChI=1S/C14H27Br/c1-2-3-4-5-6-7-8-9-10-11-12-13-14-15/h3-4H,2,5-14H2,1H3/b4-3-. The van der Waals surface area contributed by atoms with Crippen molar-refractivity contribution in [1.82, 2.24) is 0 Å². The van der Waals surface area contributed by atoms with Crippen LogP contribution >= 0.6 is 15.9 Å². The zero-order valence-corrected chi connectivity index (χ0v) is 11.9. The predicted molar refractivity (Wildman–Crippen MR) is 74.8 cm³/mol. The van der Waals surface area contributed by atoms with E-state index in [1.807, 2.05) is 0 Å². The van der Waals surface area contributed by atoms with E-state index in [0.717, 1.165) is 0 Å². The molecule has 1 heteroatoms. The number of rotatable bonds is 11. The van der Waals surface area contributed by atoms with Crippen molar-refractivity contribution in [2.45, 2.75) is 71.1 Å². The fourth-order valence-corrected chi connectivity index (χ4v) is 2.10. The molecular weight excluding hydrogens is 248 g/mol. The SMILES string of the molecule is CC/C=C\CCCCCCCCCCBr. The maximum atomic E-state index is 3.47. The lowest BCUT2D eigenvalue weighted by atomic mass is 10.1. The largest absolute Gasteiger partial charge is 0.0928 e. The van der Waals surface area contributed by atoms with Crippen molar-refractivity contribution in [3.63, 3.8) is 0 Å². The number of allylic oxidation sites excluding steroid dienone is 2. The second kappa shape index (κ2) is 14.2. The lowest BCUT2D eigenvalue weighted by Gasteiger charge is -2.00. The summed E-state index contributed by atoms with van der Waals surface area (Å²) in [6.45, 7) is 2.20. The minimum Gasteiger partial charge on any atom is -0.0928 e. The van der Waals surface area contributed by atoms with E-state index in [1.165, 1.54) is 69.5 Å². The smallest absolute Gasteiger partial charge is 0.00313 e. The molecule has 0 spiro atoms. The van der Waals surface area contributed by atoms with Crippen LogP contribution in [0.5, 0.6) is 0 Å². The average molecular weight is 275 g/mol. The Morgan fingerprint density at radius 3 is 1.80 bits per heavy atom. The average Bonchev–Trinajstić information content (AvgIpc) is 2.26. The Morgan fingerprint density at radius 1 is 0.733 bits per heavy atom. The van der Waals surface area contributed by atoms with E-state index in [2.05, 4.69) is 35.0 Å². The number of halogens is 1. The van der Waals surface area contributed by atoms with Crippen LogP contribution in [0.25, 0.3) is 0 Å². The van der Waals surface area contributed by atoms with Gasteiger partial charge in [-0.2, -0.15) is 0 Å². The Labute approximate surface area is 105 Å². The molecule has 0 aliphatic carbocycles. The van der Waals surface area contributed by atoms with Crippen molar-refractivity contribution in [2.75, 3.05) is 5.33 Å². The second-order valence-corrected chi connectivity index (χ2v) is 4.98. The summed E-state index contributed by atoms with van der Waals surface area (Å²) < 4.78 is 0. The van der Waals surface area contributed by atoms with Gasteiger partial charge in [-0.05, 0) is 25.7 Å². The molecule has 0 saturated carbocycles. The summed E-state index contributed by atoms with van der Waals surface area (Å²) in [6, 6.07) is 0. The minimum atomic E-state index is 1.18. The van der Waals surface area contributed by atoms with Crippen molar-refractivity contribution in [1.29, 1.82) is 0 Å². The molecule has 0 aromatic heterocycles. The Hall–Kier alpha value is 0.220. The third-order valence-corrected chi connectivity index (χ3v) is 3.22. The van der Waals surface area contributed by atoms with Gasteiger partial charge in [-0.15, -0.1) is 0 Å². The van der Waals surface area contributed by atoms with E-state index < -0.39 is 0 Å². The van der Waals surface area contributed by atoms with E-state index in [-0.39, 0.29) is 0 Å². The van der Waals surface area contributed by atoms with Gasteiger partial charge < -0.3 is 0 Å². The fourth-order valence-electron chi connectivity index (χ4n) is 1.70. The Balaban J connectivity index is 2.89. The zero-order valence-electron chi connectivity index (χ0n) is 10.3. The summed E-state index contributed by atoms with van der Waals surface area (Å²) in [5.74, 6) is 0.